The van der Waals surface area contributed by atoms with E-state index < -0.39 is 0 Å². The summed E-state index contributed by atoms with van der Waals surface area (Å²) in [6.07, 6.45) is 2.25. The lowest BCUT2D eigenvalue weighted by atomic mass is 10.2. The first-order chi connectivity index (χ1) is 12.6. The van der Waals surface area contributed by atoms with E-state index in [0.29, 0.717) is 6.42 Å². The molecule has 2 aromatic rings. The van der Waals surface area contributed by atoms with Gasteiger partial charge in [0.2, 0.25) is 5.91 Å². The Morgan fingerprint density at radius 2 is 1.96 bits per heavy atom. The summed E-state index contributed by atoms with van der Waals surface area (Å²) >= 11 is 6.10. The van der Waals surface area contributed by atoms with E-state index in [1.165, 1.54) is 5.69 Å². The van der Waals surface area contributed by atoms with Gasteiger partial charge in [0.25, 0.3) is 0 Å². The Bertz CT molecular complexity index is 750. The summed E-state index contributed by atoms with van der Waals surface area (Å²) in [5.41, 5.74) is 3.13. The Labute approximate surface area is 160 Å². The first-order valence-electron chi connectivity index (χ1n) is 9.38. The molecule has 0 aliphatic carbocycles. The van der Waals surface area contributed by atoms with Crippen molar-refractivity contribution < 1.29 is 4.79 Å². The van der Waals surface area contributed by atoms with Gasteiger partial charge >= 0.3 is 0 Å². The lowest BCUT2D eigenvalue weighted by Gasteiger charge is -2.36. The lowest BCUT2D eigenvalue weighted by Crippen LogP contribution is -2.47. The van der Waals surface area contributed by atoms with Crippen molar-refractivity contribution in [1.82, 2.24) is 14.7 Å². The molecule has 1 aliphatic rings. The highest BCUT2D eigenvalue weighted by molar-refractivity contribution is 6.30. The van der Waals surface area contributed by atoms with E-state index in [1.54, 1.807) is 4.68 Å². The zero-order valence-electron chi connectivity index (χ0n) is 15.6. The number of piperazine rings is 1. The van der Waals surface area contributed by atoms with Crippen molar-refractivity contribution in [3.05, 3.63) is 46.7 Å². The van der Waals surface area contributed by atoms with Gasteiger partial charge in [0.15, 0.2) is 0 Å². The van der Waals surface area contributed by atoms with Crippen LogP contribution in [0.15, 0.2) is 30.3 Å². The third-order valence-electron chi connectivity index (χ3n) is 4.84. The van der Waals surface area contributed by atoms with Gasteiger partial charge in [0.1, 0.15) is 0 Å². The van der Waals surface area contributed by atoms with Crippen molar-refractivity contribution in [2.45, 2.75) is 33.1 Å². The standard InChI is InChI=1S/C20H27ClN4O/c1-3-5-20(26)25-19(14-16(2)22-25)8-9-23-10-12-24(13-11-23)18-7-4-6-17(21)15-18/h4,6-7,14-15H,3,5,8-13H2,1-2H3. The molecule has 0 radical (unpaired) electrons. The summed E-state index contributed by atoms with van der Waals surface area (Å²) in [6.45, 7) is 8.94. The van der Waals surface area contributed by atoms with Crippen LogP contribution in [0.4, 0.5) is 5.69 Å². The predicted octanol–water partition coefficient (Wildman–Crippen LogP) is 3.65. The molecule has 5 nitrogen and oxygen atoms in total. The summed E-state index contributed by atoms with van der Waals surface area (Å²) in [6, 6.07) is 10.1. The van der Waals surface area contributed by atoms with Gasteiger partial charge in [-0.2, -0.15) is 5.10 Å². The molecule has 1 saturated heterocycles. The Morgan fingerprint density at radius 3 is 2.65 bits per heavy atom. The molecule has 1 aromatic carbocycles. The molecular formula is C20H27ClN4O. The summed E-state index contributed by atoms with van der Waals surface area (Å²) in [5.74, 6) is 0.0985. The topological polar surface area (TPSA) is 41.4 Å². The molecule has 0 atom stereocenters. The zero-order valence-corrected chi connectivity index (χ0v) is 16.4. The number of hydrogen-bond donors (Lipinski definition) is 0. The number of hydrogen-bond acceptors (Lipinski definition) is 4. The van der Waals surface area contributed by atoms with Gasteiger partial charge in [0, 0.05) is 62.0 Å². The molecule has 6 heteroatoms. The number of carbonyl (C=O) groups is 1. The predicted molar refractivity (Wildman–Crippen MR) is 106 cm³/mol. The maximum atomic E-state index is 12.2. The number of rotatable bonds is 6. The summed E-state index contributed by atoms with van der Waals surface area (Å²) in [4.78, 5) is 17.1. The second kappa shape index (κ2) is 8.69. The highest BCUT2D eigenvalue weighted by Crippen LogP contribution is 2.21. The van der Waals surface area contributed by atoms with Crippen molar-refractivity contribution in [3.63, 3.8) is 0 Å². The number of halogens is 1. The first-order valence-corrected chi connectivity index (χ1v) is 9.76. The number of aryl methyl sites for hydroxylation is 1. The van der Waals surface area contributed by atoms with E-state index >= 15 is 0 Å². The highest BCUT2D eigenvalue weighted by atomic mass is 35.5. The third kappa shape index (κ3) is 4.65. The van der Waals surface area contributed by atoms with E-state index in [2.05, 4.69) is 21.0 Å². The molecule has 2 heterocycles. The van der Waals surface area contributed by atoms with E-state index in [1.807, 2.05) is 38.1 Å². The van der Waals surface area contributed by atoms with Crippen LogP contribution in [0.2, 0.25) is 5.02 Å². The molecule has 0 unspecified atom stereocenters. The second-order valence-corrected chi connectivity index (χ2v) is 7.33. The SMILES string of the molecule is CCCC(=O)n1nc(C)cc1CCN1CCN(c2cccc(Cl)c2)CC1. The highest BCUT2D eigenvalue weighted by Gasteiger charge is 2.19. The van der Waals surface area contributed by atoms with E-state index in [0.717, 1.165) is 62.0 Å². The lowest BCUT2D eigenvalue weighted by molar-refractivity contribution is 0.0881. The molecule has 1 aliphatic heterocycles. The largest absolute Gasteiger partial charge is 0.369 e. The third-order valence-corrected chi connectivity index (χ3v) is 5.07. The van der Waals surface area contributed by atoms with Gasteiger partial charge < -0.3 is 4.90 Å². The fourth-order valence-corrected chi connectivity index (χ4v) is 3.63. The Hall–Kier alpha value is -1.85. The summed E-state index contributed by atoms with van der Waals surface area (Å²) in [5, 5.41) is 5.16. The van der Waals surface area contributed by atoms with Crippen molar-refractivity contribution in [1.29, 1.82) is 0 Å². The van der Waals surface area contributed by atoms with E-state index in [4.69, 9.17) is 11.6 Å². The molecular weight excluding hydrogens is 348 g/mol. The molecule has 1 fully saturated rings. The summed E-state index contributed by atoms with van der Waals surface area (Å²) in [7, 11) is 0. The van der Waals surface area contributed by atoms with Crippen LogP contribution in [0.5, 0.6) is 0 Å². The average molecular weight is 375 g/mol. The molecule has 1 aromatic heterocycles. The minimum Gasteiger partial charge on any atom is -0.369 e. The van der Waals surface area contributed by atoms with Crippen LogP contribution in [-0.2, 0) is 6.42 Å². The molecule has 26 heavy (non-hydrogen) atoms. The van der Waals surface area contributed by atoms with Crippen LogP contribution in [-0.4, -0.2) is 53.3 Å². The Kier molecular flexibility index (Phi) is 6.33. The fraction of sp³-hybridized carbons (Fsp3) is 0.500. The van der Waals surface area contributed by atoms with Crippen LogP contribution in [0.1, 0.15) is 35.9 Å². The molecule has 140 valence electrons. The van der Waals surface area contributed by atoms with E-state index in [9.17, 15) is 4.79 Å². The minimum atomic E-state index is 0.0985. The fourth-order valence-electron chi connectivity index (χ4n) is 3.44. The maximum Gasteiger partial charge on any atom is 0.247 e. The number of aromatic nitrogens is 2. The van der Waals surface area contributed by atoms with E-state index in [-0.39, 0.29) is 5.91 Å². The van der Waals surface area contributed by atoms with Crippen LogP contribution in [0.25, 0.3) is 0 Å². The molecule has 0 saturated carbocycles. The molecule has 0 bridgehead atoms. The first kappa shape index (κ1) is 18.9. The van der Waals surface area contributed by atoms with Gasteiger partial charge in [0.05, 0.1) is 5.69 Å². The van der Waals surface area contributed by atoms with Gasteiger partial charge in [-0.05, 0) is 37.6 Å². The smallest absolute Gasteiger partial charge is 0.247 e. The van der Waals surface area contributed by atoms with Crippen LogP contribution >= 0.6 is 11.6 Å². The summed E-state index contributed by atoms with van der Waals surface area (Å²) < 4.78 is 1.61. The minimum absolute atomic E-state index is 0.0985. The molecule has 3 rings (SSSR count). The quantitative estimate of drug-likeness (QED) is 0.773. The molecule has 0 N–H and O–H groups in total. The second-order valence-electron chi connectivity index (χ2n) is 6.89. The van der Waals surface area contributed by atoms with Crippen LogP contribution in [0.3, 0.4) is 0 Å². The molecule has 0 spiro atoms. The van der Waals surface area contributed by atoms with Gasteiger partial charge in [-0.25, -0.2) is 4.68 Å². The van der Waals surface area contributed by atoms with Crippen molar-refractivity contribution >= 4 is 23.2 Å². The molecule has 0 amide bonds. The van der Waals surface area contributed by atoms with Gasteiger partial charge in [-0.3, -0.25) is 9.69 Å². The van der Waals surface area contributed by atoms with Crippen LogP contribution < -0.4 is 4.90 Å². The Morgan fingerprint density at radius 1 is 1.19 bits per heavy atom. The number of anilines is 1. The van der Waals surface area contributed by atoms with Crippen molar-refractivity contribution in [2.24, 2.45) is 0 Å². The maximum absolute atomic E-state index is 12.2. The Balaban J connectivity index is 1.54. The number of carbonyl (C=O) groups excluding carboxylic acids is 1. The van der Waals surface area contributed by atoms with Gasteiger partial charge in [-0.15, -0.1) is 0 Å². The normalized spacial score (nSPS) is 15.4. The van der Waals surface area contributed by atoms with Crippen molar-refractivity contribution in [3.8, 4) is 0 Å². The number of nitrogens with zero attached hydrogens (tertiary/aromatic N) is 4. The van der Waals surface area contributed by atoms with Crippen LogP contribution in [0, 0.1) is 6.92 Å². The zero-order chi connectivity index (χ0) is 18.5. The monoisotopic (exact) mass is 374 g/mol. The average Bonchev–Trinajstić information content (AvgIpc) is 3.01. The number of benzene rings is 1. The van der Waals surface area contributed by atoms with Crippen molar-refractivity contribution in [2.75, 3.05) is 37.6 Å². The van der Waals surface area contributed by atoms with Gasteiger partial charge in [-0.1, -0.05) is 24.6 Å².